The van der Waals surface area contributed by atoms with Gasteiger partial charge in [0.15, 0.2) is 0 Å². The molecular formula is C16H20O2. The second-order valence-electron chi connectivity index (χ2n) is 5.68. The third-order valence-electron chi connectivity index (χ3n) is 4.19. The minimum atomic E-state index is 0.119. The van der Waals surface area contributed by atoms with Crippen LogP contribution in [0.4, 0.5) is 0 Å². The van der Waals surface area contributed by atoms with Gasteiger partial charge in [-0.1, -0.05) is 18.2 Å². The summed E-state index contributed by atoms with van der Waals surface area (Å²) in [6, 6.07) is 6.57. The Morgan fingerprint density at radius 2 is 2.17 bits per heavy atom. The number of aryl methyl sites for hydroxylation is 2. The first-order valence-electron chi connectivity index (χ1n) is 6.97. The largest absolute Gasteiger partial charge is 0.378 e. The van der Waals surface area contributed by atoms with E-state index in [0.29, 0.717) is 18.8 Å². The van der Waals surface area contributed by atoms with Gasteiger partial charge in [-0.2, -0.15) is 0 Å². The molecule has 0 amide bonds. The van der Waals surface area contributed by atoms with Crippen LogP contribution in [0.2, 0.25) is 0 Å². The zero-order chi connectivity index (χ0) is 12.5. The minimum absolute atomic E-state index is 0.119. The summed E-state index contributed by atoms with van der Waals surface area (Å²) in [4.78, 5) is 12.2. The van der Waals surface area contributed by atoms with Gasteiger partial charge >= 0.3 is 0 Å². The van der Waals surface area contributed by atoms with E-state index in [2.05, 4.69) is 18.2 Å². The molecule has 1 aliphatic carbocycles. The monoisotopic (exact) mass is 244 g/mol. The lowest BCUT2D eigenvalue weighted by molar-refractivity contribution is -0.122. The second kappa shape index (κ2) is 4.85. The third kappa shape index (κ3) is 2.35. The van der Waals surface area contributed by atoms with Crippen LogP contribution in [0.3, 0.4) is 0 Å². The van der Waals surface area contributed by atoms with E-state index >= 15 is 0 Å². The maximum absolute atomic E-state index is 12.2. The minimum Gasteiger partial charge on any atom is -0.378 e. The van der Waals surface area contributed by atoms with Gasteiger partial charge in [-0.25, -0.2) is 0 Å². The average molecular weight is 244 g/mol. The second-order valence-corrected chi connectivity index (χ2v) is 5.68. The Labute approximate surface area is 108 Å². The number of carbonyl (C=O) groups is 1. The van der Waals surface area contributed by atoms with Gasteiger partial charge in [0.25, 0.3) is 0 Å². The van der Waals surface area contributed by atoms with Crippen LogP contribution in [-0.2, 0) is 28.8 Å². The predicted molar refractivity (Wildman–Crippen MR) is 70.7 cm³/mol. The van der Waals surface area contributed by atoms with Crippen molar-refractivity contribution in [2.75, 3.05) is 6.61 Å². The molecule has 0 spiro atoms. The van der Waals surface area contributed by atoms with Crippen molar-refractivity contribution < 1.29 is 9.53 Å². The van der Waals surface area contributed by atoms with Crippen molar-refractivity contribution >= 4 is 5.78 Å². The van der Waals surface area contributed by atoms with E-state index in [1.54, 1.807) is 0 Å². The fourth-order valence-electron chi connectivity index (χ4n) is 3.12. The number of Topliss-reactive ketones (excluding diaryl/α,β-unsaturated/α-hetero) is 1. The molecule has 2 atom stereocenters. The van der Waals surface area contributed by atoms with Crippen molar-refractivity contribution in [1.82, 2.24) is 0 Å². The quantitative estimate of drug-likeness (QED) is 0.817. The Kier molecular flexibility index (Phi) is 3.21. The van der Waals surface area contributed by atoms with Crippen LogP contribution in [0.15, 0.2) is 18.2 Å². The Hall–Kier alpha value is -1.15. The highest BCUT2D eigenvalue weighted by Gasteiger charge is 2.28. The average Bonchev–Trinajstić information content (AvgIpc) is 2.96. The van der Waals surface area contributed by atoms with Gasteiger partial charge in [-0.3, -0.25) is 4.79 Å². The highest BCUT2D eigenvalue weighted by atomic mass is 16.5. The Morgan fingerprint density at radius 1 is 1.33 bits per heavy atom. The molecule has 2 heteroatoms. The van der Waals surface area contributed by atoms with Crippen LogP contribution in [0.25, 0.3) is 0 Å². The van der Waals surface area contributed by atoms with E-state index in [0.717, 1.165) is 6.42 Å². The maximum atomic E-state index is 12.2. The van der Waals surface area contributed by atoms with E-state index in [4.69, 9.17) is 4.74 Å². The lowest BCUT2D eigenvalue weighted by atomic mass is 9.94. The lowest BCUT2D eigenvalue weighted by Gasteiger charge is -2.08. The van der Waals surface area contributed by atoms with Gasteiger partial charge in [0, 0.05) is 12.3 Å². The molecule has 18 heavy (non-hydrogen) atoms. The molecule has 3 rings (SSSR count). The molecule has 1 aromatic rings. The number of carbonyl (C=O) groups excluding carboxylic acids is 1. The normalized spacial score (nSPS) is 26.3. The first-order valence-corrected chi connectivity index (χ1v) is 6.97. The van der Waals surface area contributed by atoms with Crippen molar-refractivity contribution in [3.05, 3.63) is 34.9 Å². The van der Waals surface area contributed by atoms with Crippen molar-refractivity contribution in [3.63, 3.8) is 0 Å². The van der Waals surface area contributed by atoms with Crippen LogP contribution in [0, 0.1) is 5.92 Å². The molecule has 1 aliphatic heterocycles. The molecule has 1 saturated heterocycles. The van der Waals surface area contributed by atoms with Crippen molar-refractivity contribution in [3.8, 4) is 0 Å². The molecule has 1 fully saturated rings. The third-order valence-corrected chi connectivity index (χ3v) is 4.19. The standard InChI is InChI=1S/C16H20O2/c1-11-7-15(10-18-11)16(17)9-12-5-6-13-3-2-4-14(13)8-12/h5-6,8,11,15H,2-4,7,9-10H2,1H3. The SMILES string of the molecule is CC1CC(C(=O)Cc2ccc3c(c2)CCC3)CO1. The van der Waals surface area contributed by atoms with Gasteiger partial charge < -0.3 is 4.74 Å². The predicted octanol–water partition coefficient (Wildman–Crippen LogP) is 2.71. The zero-order valence-electron chi connectivity index (χ0n) is 10.9. The van der Waals surface area contributed by atoms with E-state index in [-0.39, 0.29) is 12.0 Å². The fourth-order valence-corrected chi connectivity index (χ4v) is 3.12. The summed E-state index contributed by atoms with van der Waals surface area (Å²) in [5, 5.41) is 0. The van der Waals surface area contributed by atoms with Crippen molar-refractivity contribution in [2.45, 2.75) is 45.1 Å². The molecule has 0 radical (unpaired) electrons. The van der Waals surface area contributed by atoms with Gasteiger partial charge in [0.05, 0.1) is 12.7 Å². The first kappa shape index (κ1) is 11.9. The topological polar surface area (TPSA) is 26.3 Å². The number of benzene rings is 1. The lowest BCUT2D eigenvalue weighted by Crippen LogP contribution is -2.17. The summed E-state index contributed by atoms with van der Waals surface area (Å²) >= 11 is 0. The molecule has 96 valence electrons. The molecule has 0 N–H and O–H groups in total. The van der Waals surface area contributed by atoms with E-state index in [1.165, 1.54) is 36.0 Å². The van der Waals surface area contributed by atoms with E-state index in [9.17, 15) is 4.79 Å². The van der Waals surface area contributed by atoms with Crippen molar-refractivity contribution in [1.29, 1.82) is 0 Å². The Bertz CT molecular complexity index is 464. The molecule has 2 unspecified atom stereocenters. The van der Waals surface area contributed by atoms with Crippen LogP contribution < -0.4 is 0 Å². The molecule has 0 saturated carbocycles. The molecule has 0 bridgehead atoms. The zero-order valence-corrected chi connectivity index (χ0v) is 10.9. The number of ketones is 1. The Morgan fingerprint density at radius 3 is 2.94 bits per heavy atom. The van der Waals surface area contributed by atoms with Crippen LogP contribution in [0.1, 0.15) is 36.5 Å². The molecule has 2 aliphatic rings. The number of ether oxygens (including phenoxy) is 1. The summed E-state index contributed by atoms with van der Waals surface area (Å²) in [5.41, 5.74) is 4.11. The molecular weight excluding hydrogens is 224 g/mol. The summed E-state index contributed by atoms with van der Waals surface area (Å²) in [7, 11) is 0. The highest BCUT2D eigenvalue weighted by Crippen LogP contribution is 2.25. The van der Waals surface area contributed by atoms with Crippen LogP contribution >= 0.6 is 0 Å². The van der Waals surface area contributed by atoms with Gasteiger partial charge in [0.1, 0.15) is 5.78 Å². The van der Waals surface area contributed by atoms with Crippen molar-refractivity contribution in [2.24, 2.45) is 5.92 Å². The number of hydrogen-bond acceptors (Lipinski definition) is 2. The number of hydrogen-bond donors (Lipinski definition) is 0. The van der Waals surface area contributed by atoms with Crippen LogP contribution in [-0.4, -0.2) is 18.5 Å². The molecule has 2 nitrogen and oxygen atoms in total. The number of rotatable bonds is 3. The van der Waals surface area contributed by atoms with Gasteiger partial charge in [-0.05, 0) is 49.3 Å². The van der Waals surface area contributed by atoms with Gasteiger partial charge in [0.2, 0.25) is 0 Å². The Balaban J connectivity index is 1.67. The highest BCUT2D eigenvalue weighted by molar-refractivity contribution is 5.83. The fraction of sp³-hybridized carbons (Fsp3) is 0.562. The summed E-state index contributed by atoms with van der Waals surface area (Å²) in [5.74, 6) is 0.463. The molecule has 1 heterocycles. The summed E-state index contributed by atoms with van der Waals surface area (Å²) in [6.45, 7) is 2.66. The number of fused-ring (bicyclic) bond motifs is 1. The summed E-state index contributed by atoms with van der Waals surface area (Å²) in [6.07, 6.45) is 5.37. The van der Waals surface area contributed by atoms with Crippen LogP contribution in [0.5, 0.6) is 0 Å². The van der Waals surface area contributed by atoms with E-state index < -0.39 is 0 Å². The molecule has 1 aromatic carbocycles. The maximum Gasteiger partial charge on any atom is 0.142 e. The smallest absolute Gasteiger partial charge is 0.142 e. The first-order chi connectivity index (χ1) is 8.72. The summed E-state index contributed by atoms with van der Waals surface area (Å²) < 4.78 is 5.48. The van der Waals surface area contributed by atoms with Gasteiger partial charge in [-0.15, -0.1) is 0 Å². The van der Waals surface area contributed by atoms with E-state index in [1.807, 2.05) is 6.92 Å². The molecule has 0 aromatic heterocycles.